The molecule has 1 aromatic heterocycles. The number of amides is 2. The number of carbonyl (C=O) groups is 3. The topological polar surface area (TPSA) is 102 Å². The number of ether oxygens (including phenoxy) is 1. The highest BCUT2D eigenvalue weighted by atomic mass is 35.5. The molecule has 5 rings (SSSR count). The Labute approximate surface area is 200 Å². The highest BCUT2D eigenvalue weighted by Crippen LogP contribution is 2.28. The summed E-state index contributed by atoms with van der Waals surface area (Å²) in [5.41, 5.74) is 2.02. The number of ketones is 1. The fourth-order valence-electron chi connectivity index (χ4n) is 4.48. The normalized spacial score (nSPS) is 20.3. The second kappa shape index (κ2) is 9.40. The lowest BCUT2D eigenvalue weighted by Gasteiger charge is -2.27. The summed E-state index contributed by atoms with van der Waals surface area (Å²) in [6.45, 7) is 0.434. The fraction of sp³-hybridized carbons (Fsp3) is 0.280. The van der Waals surface area contributed by atoms with Gasteiger partial charge >= 0.3 is 0 Å². The number of nitrogens with zero attached hydrogens (tertiary/aromatic N) is 2. The molecule has 174 valence electrons. The molecule has 3 heterocycles. The van der Waals surface area contributed by atoms with Crippen molar-refractivity contribution in [1.82, 2.24) is 15.2 Å². The third-order valence-corrected chi connectivity index (χ3v) is 6.47. The summed E-state index contributed by atoms with van der Waals surface area (Å²) < 4.78 is 10.8. The van der Waals surface area contributed by atoms with Crippen molar-refractivity contribution in [3.05, 3.63) is 77.3 Å². The maximum absolute atomic E-state index is 13.5. The van der Waals surface area contributed by atoms with Crippen LogP contribution in [-0.4, -0.2) is 58.8 Å². The first-order valence-electron chi connectivity index (χ1n) is 11.0. The standard InChI is InChI=1S/C25H22ClN3O5/c26-18-7-1-15(2-8-18)11-19(25(32)29-10-9-21-23(29)20(30)13-33-21)28-24(31)17-5-3-16(4-6-17)22-12-27-14-34-22/h1-8,12,14,19,21,23H,9-11,13H2,(H,28,31). The molecule has 0 radical (unpaired) electrons. The molecule has 3 atom stereocenters. The van der Waals surface area contributed by atoms with Gasteiger partial charge in [-0.25, -0.2) is 4.98 Å². The van der Waals surface area contributed by atoms with Crippen molar-refractivity contribution in [2.75, 3.05) is 13.2 Å². The largest absolute Gasteiger partial charge is 0.444 e. The van der Waals surface area contributed by atoms with E-state index in [9.17, 15) is 14.4 Å². The van der Waals surface area contributed by atoms with Gasteiger partial charge in [-0.05, 0) is 36.2 Å². The van der Waals surface area contributed by atoms with Gasteiger partial charge in [-0.15, -0.1) is 0 Å². The third-order valence-electron chi connectivity index (χ3n) is 6.22. The number of halogens is 1. The van der Waals surface area contributed by atoms with Crippen molar-refractivity contribution in [2.45, 2.75) is 31.0 Å². The van der Waals surface area contributed by atoms with E-state index in [-0.39, 0.29) is 36.7 Å². The quantitative estimate of drug-likeness (QED) is 0.583. The second-order valence-corrected chi connectivity index (χ2v) is 8.82. The van der Waals surface area contributed by atoms with Gasteiger partial charge in [0.1, 0.15) is 18.7 Å². The van der Waals surface area contributed by atoms with Gasteiger partial charge in [0.15, 0.2) is 17.9 Å². The Morgan fingerprint density at radius 3 is 2.62 bits per heavy atom. The molecule has 2 aliphatic heterocycles. The molecule has 34 heavy (non-hydrogen) atoms. The number of likely N-dealkylation sites (tertiary alicyclic amines) is 1. The average molecular weight is 480 g/mol. The van der Waals surface area contributed by atoms with E-state index in [2.05, 4.69) is 10.3 Å². The molecule has 2 saturated heterocycles. The monoisotopic (exact) mass is 479 g/mol. The highest BCUT2D eigenvalue weighted by molar-refractivity contribution is 6.30. The zero-order valence-electron chi connectivity index (χ0n) is 18.1. The van der Waals surface area contributed by atoms with Gasteiger partial charge < -0.3 is 19.4 Å². The van der Waals surface area contributed by atoms with Crippen LogP contribution >= 0.6 is 11.6 Å². The molecule has 8 nitrogen and oxygen atoms in total. The van der Waals surface area contributed by atoms with E-state index < -0.39 is 12.1 Å². The van der Waals surface area contributed by atoms with E-state index in [1.165, 1.54) is 6.39 Å². The predicted octanol–water partition coefficient (Wildman–Crippen LogP) is 2.90. The Balaban J connectivity index is 1.36. The number of oxazole rings is 1. The summed E-state index contributed by atoms with van der Waals surface area (Å²) in [7, 11) is 0. The number of aromatic nitrogens is 1. The second-order valence-electron chi connectivity index (χ2n) is 8.38. The van der Waals surface area contributed by atoms with E-state index in [0.717, 1.165) is 11.1 Å². The third kappa shape index (κ3) is 4.47. The van der Waals surface area contributed by atoms with Crippen LogP contribution in [0.5, 0.6) is 0 Å². The number of hydrogen-bond acceptors (Lipinski definition) is 6. The molecule has 3 aromatic rings. The number of benzene rings is 2. The lowest BCUT2D eigenvalue weighted by atomic mass is 10.0. The van der Waals surface area contributed by atoms with Crippen LogP contribution in [0.4, 0.5) is 0 Å². The van der Waals surface area contributed by atoms with Crippen LogP contribution in [0.25, 0.3) is 11.3 Å². The summed E-state index contributed by atoms with van der Waals surface area (Å²) in [5.74, 6) is -0.195. The summed E-state index contributed by atoms with van der Waals surface area (Å²) in [5, 5.41) is 3.45. The van der Waals surface area contributed by atoms with E-state index in [1.807, 2.05) is 12.1 Å². The smallest absolute Gasteiger partial charge is 0.251 e. The molecule has 0 spiro atoms. The molecule has 0 saturated carbocycles. The van der Waals surface area contributed by atoms with Crippen molar-refractivity contribution >= 4 is 29.2 Å². The molecule has 3 unspecified atom stereocenters. The van der Waals surface area contributed by atoms with Crippen LogP contribution in [-0.2, 0) is 20.7 Å². The molecule has 2 aromatic carbocycles. The Morgan fingerprint density at radius 1 is 1.15 bits per heavy atom. The minimum Gasteiger partial charge on any atom is -0.444 e. The lowest BCUT2D eigenvalue weighted by molar-refractivity contribution is -0.138. The highest BCUT2D eigenvalue weighted by Gasteiger charge is 2.48. The number of rotatable bonds is 6. The van der Waals surface area contributed by atoms with Crippen LogP contribution in [0.3, 0.4) is 0 Å². The zero-order chi connectivity index (χ0) is 23.7. The number of nitrogens with one attached hydrogen (secondary N) is 1. The van der Waals surface area contributed by atoms with Gasteiger partial charge in [-0.3, -0.25) is 14.4 Å². The first-order chi connectivity index (χ1) is 16.5. The fourth-order valence-corrected chi connectivity index (χ4v) is 4.61. The van der Waals surface area contributed by atoms with Crippen LogP contribution in [0, 0.1) is 0 Å². The SMILES string of the molecule is O=C(NC(Cc1ccc(Cl)cc1)C(=O)N1CCC2OCC(=O)C21)c1ccc(-c2cnco2)cc1. The first kappa shape index (κ1) is 22.3. The Hall–Kier alpha value is -3.49. The molecule has 9 heteroatoms. The van der Waals surface area contributed by atoms with Gasteiger partial charge in [-0.2, -0.15) is 0 Å². The van der Waals surface area contributed by atoms with Gasteiger partial charge in [0.25, 0.3) is 5.91 Å². The number of Topliss-reactive ketones (excluding diaryl/α,β-unsaturated/α-hetero) is 1. The molecule has 2 fully saturated rings. The van der Waals surface area contributed by atoms with Crippen LogP contribution in [0.15, 0.2) is 65.5 Å². The maximum atomic E-state index is 13.5. The molecule has 1 N–H and O–H groups in total. The predicted molar refractivity (Wildman–Crippen MR) is 123 cm³/mol. The van der Waals surface area contributed by atoms with E-state index in [1.54, 1.807) is 47.5 Å². The van der Waals surface area contributed by atoms with Gasteiger partial charge in [-0.1, -0.05) is 35.9 Å². The van der Waals surface area contributed by atoms with Gasteiger partial charge in [0.05, 0.1) is 12.3 Å². The number of carbonyl (C=O) groups excluding carboxylic acids is 3. The molecule has 2 aliphatic rings. The van der Waals surface area contributed by atoms with Crippen molar-refractivity contribution in [2.24, 2.45) is 0 Å². The lowest BCUT2D eigenvalue weighted by Crippen LogP contribution is -2.53. The summed E-state index contributed by atoms with van der Waals surface area (Å²) >= 11 is 6.00. The maximum Gasteiger partial charge on any atom is 0.251 e. The van der Waals surface area contributed by atoms with Crippen molar-refractivity contribution in [3.63, 3.8) is 0 Å². The molecular weight excluding hydrogens is 458 g/mol. The van der Waals surface area contributed by atoms with Crippen molar-refractivity contribution < 1.29 is 23.5 Å². The van der Waals surface area contributed by atoms with Crippen LogP contribution in [0.1, 0.15) is 22.3 Å². The number of fused-ring (bicyclic) bond motifs is 1. The van der Waals surface area contributed by atoms with E-state index >= 15 is 0 Å². The van der Waals surface area contributed by atoms with Crippen LogP contribution in [0.2, 0.25) is 5.02 Å². The summed E-state index contributed by atoms with van der Waals surface area (Å²) in [4.78, 5) is 44.4. The Morgan fingerprint density at radius 2 is 1.91 bits per heavy atom. The zero-order valence-corrected chi connectivity index (χ0v) is 18.9. The molecule has 0 aliphatic carbocycles. The van der Waals surface area contributed by atoms with E-state index in [0.29, 0.717) is 29.3 Å². The first-order valence-corrected chi connectivity index (χ1v) is 11.4. The molecule has 0 bridgehead atoms. The molecule has 2 amide bonds. The van der Waals surface area contributed by atoms with Crippen molar-refractivity contribution in [3.8, 4) is 11.3 Å². The minimum atomic E-state index is -0.852. The molecular formula is C25H22ClN3O5. The summed E-state index contributed by atoms with van der Waals surface area (Å²) in [6, 6.07) is 12.5. The Bertz CT molecular complexity index is 1190. The van der Waals surface area contributed by atoms with Gasteiger partial charge in [0.2, 0.25) is 5.91 Å². The summed E-state index contributed by atoms with van der Waals surface area (Å²) in [6.07, 6.45) is 3.53. The average Bonchev–Trinajstić information content (AvgIpc) is 3.60. The van der Waals surface area contributed by atoms with Crippen LogP contribution < -0.4 is 5.32 Å². The van der Waals surface area contributed by atoms with E-state index in [4.69, 9.17) is 20.8 Å². The van der Waals surface area contributed by atoms with Crippen molar-refractivity contribution in [1.29, 1.82) is 0 Å². The Kier molecular flexibility index (Phi) is 6.17. The number of hydrogen-bond donors (Lipinski definition) is 1. The minimum absolute atomic E-state index is 0.0187. The van der Waals surface area contributed by atoms with Gasteiger partial charge in [0, 0.05) is 29.1 Å².